The van der Waals surface area contributed by atoms with Crippen LogP contribution in [0.3, 0.4) is 0 Å². The van der Waals surface area contributed by atoms with Gasteiger partial charge in [-0.1, -0.05) is 6.92 Å². The average molecular weight is 320 g/mol. The van der Waals surface area contributed by atoms with Gasteiger partial charge in [0.2, 0.25) is 0 Å². The highest BCUT2D eigenvalue weighted by atomic mass is 79.9. The standard InChI is InChI=1S/C11H15BrFN3O2/c1-7(5-14-2)6-15-10-3-8(12)9(13)4-11(10)16(17)18/h3-4,7,14-15H,5-6H2,1-2H3. The van der Waals surface area contributed by atoms with Crippen LogP contribution in [0, 0.1) is 21.8 Å². The van der Waals surface area contributed by atoms with Crippen LogP contribution < -0.4 is 10.6 Å². The molecule has 0 saturated heterocycles. The summed E-state index contributed by atoms with van der Waals surface area (Å²) in [5.74, 6) is -0.339. The lowest BCUT2D eigenvalue weighted by molar-refractivity contribution is -0.384. The van der Waals surface area contributed by atoms with Gasteiger partial charge in [0.15, 0.2) is 0 Å². The first-order valence-corrected chi connectivity index (χ1v) is 6.27. The average Bonchev–Trinajstić information content (AvgIpc) is 2.30. The van der Waals surface area contributed by atoms with Crippen LogP contribution in [0.4, 0.5) is 15.8 Å². The number of nitro groups is 1. The van der Waals surface area contributed by atoms with Gasteiger partial charge in [-0.3, -0.25) is 10.1 Å². The highest BCUT2D eigenvalue weighted by Gasteiger charge is 2.17. The van der Waals surface area contributed by atoms with E-state index in [0.717, 1.165) is 12.6 Å². The molecule has 0 amide bonds. The summed E-state index contributed by atoms with van der Waals surface area (Å²) < 4.78 is 13.5. The molecule has 100 valence electrons. The molecular formula is C11H15BrFN3O2. The monoisotopic (exact) mass is 319 g/mol. The minimum absolute atomic E-state index is 0.205. The van der Waals surface area contributed by atoms with Gasteiger partial charge in [-0.05, 0) is 41.5 Å². The number of benzene rings is 1. The highest BCUT2D eigenvalue weighted by molar-refractivity contribution is 9.10. The molecule has 1 rings (SSSR count). The van der Waals surface area contributed by atoms with Crippen LogP contribution >= 0.6 is 15.9 Å². The van der Waals surface area contributed by atoms with Crippen LogP contribution in [0.5, 0.6) is 0 Å². The Morgan fingerprint density at radius 1 is 1.50 bits per heavy atom. The summed E-state index contributed by atoms with van der Waals surface area (Å²) in [6.45, 7) is 3.37. The number of nitrogens with zero attached hydrogens (tertiary/aromatic N) is 1. The van der Waals surface area contributed by atoms with Crippen molar-refractivity contribution in [3.05, 3.63) is 32.5 Å². The molecular weight excluding hydrogens is 305 g/mol. The van der Waals surface area contributed by atoms with Crippen molar-refractivity contribution >= 4 is 27.3 Å². The van der Waals surface area contributed by atoms with Gasteiger partial charge in [0.05, 0.1) is 15.5 Å². The van der Waals surface area contributed by atoms with Crippen LogP contribution in [0.25, 0.3) is 0 Å². The Morgan fingerprint density at radius 3 is 2.72 bits per heavy atom. The summed E-state index contributed by atoms with van der Waals surface area (Å²) in [4.78, 5) is 10.2. The van der Waals surface area contributed by atoms with Crippen LogP contribution in [-0.2, 0) is 0 Å². The van der Waals surface area contributed by atoms with Crippen molar-refractivity contribution in [3.8, 4) is 0 Å². The van der Waals surface area contributed by atoms with Crippen molar-refractivity contribution in [2.45, 2.75) is 6.92 Å². The van der Waals surface area contributed by atoms with Crippen molar-refractivity contribution in [3.63, 3.8) is 0 Å². The molecule has 0 aliphatic carbocycles. The lowest BCUT2D eigenvalue weighted by atomic mass is 10.1. The molecule has 1 aromatic rings. The lowest BCUT2D eigenvalue weighted by Crippen LogP contribution is -2.23. The zero-order valence-electron chi connectivity index (χ0n) is 10.2. The second-order valence-corrected chi connectivity index (χ2v) is 4.94. The molecule has 0 fully saturated rings. The number of anilines is 1. The quantitative estimate of drug-likeness (QED) is 0.625. The van der Waals surface area contributed by atoms with Gasteiger partial charge in [0, 0.05) is 6.54 Å². The van der Waals surface area contributed by atoms with Crippen molar-refractivity contribution in [1.82, 2.24) is 5.32 Å². The first kappa shape index (κ1) is 14.8. The van der Waals surface area contributed by atoms with Gasteiger partial charge < -0.3 is 10.6 Å². The second kappa shape index (κ2) is 6.65. The van der Waals surface area contributed by atoms with Crippen molar-refractivity contribution in [2.75, 3.05) is 25.5 Å². The topological polar surface area (TPSA) is 67.2 Å². The number of hydrogen-bond acceptors (Lipinski definition) is 4. The normalized spacial score (nSPS) is 12.2. The van der Waals surface area contributed by atoms with Crippen molar-refractivity contribution in [1.29, 1.82) is 0 Å². The molecule has 0 saturated carbocycles. The van der Waals surface area contributed by atoms with E-state index in [2.05, 4.69) is 26.6 Å². The Hall–Kier alpha value is -1.21. The minimum Gasteiger partial charge on any atom is -0.379 e. The molecule has 0 aromatic heterocycles. The van der Waals surface area contributed by atoms with E-state index >= 15 is 0 Å². The summed E-state index contributed by atoms with van der Waals surface area (Å²) in [7, 11) is 1.84. The summed E-state index contributed by atoms with van der Waals surface area (Å²) in [6.07, 6.45) is 0. The van der Waals surface area contributed by atoms with Crippen molar-refractivity contribution in [2.24, 2.45) is 5.92 Å². The molecule has 0 spiro atoms. The predicted molar refractivity (Wildman–Crippen MR) is 72.3 cm³/mol. The smallest absolute Gasteiger partial charge is 0.295 e. The molecule has 0 radical (unpaired) electrons. The second-order valence-electron chi connectivity index (χ2n) is 4.08. The van der Waals surface area contributed by atoms with E-state index in [1.54, 1.807) is 0 Å². The van der Waals surface area contributed by atoms with E-state index in [9.17, 15) is 14.5 Å². The van der Waals surface area contributed by atoms with Gasteiger partial charge in [0.1, 0.15) is 11.5 Å². The van der Waals surface area contributed by atoms with Gasteiger partial charge in [-0.2, -0.15) is 0 Å². The van der Waals surface area contributed by atoms with Gasteiger partial charge >= 0.3 is 0 Å². The number of nitrogens with one attached hydrogen (secondary N) is 2. The summed E-state index contributed by atoms with van der Waals surface area (Å²) in [6, 6.07) is 2.30. The van der Waals surface area contributed by atoms with Gasteiger partial charge in [0.25, 0.3) is 5.69 Å². The Balaban J connectivity index is 2.86. The minimum atomic E-state index is -0.643. The molecule has 0 aliphatic heterocycles. The highest BCUT2D eigenvalue weighted by Crippen LogP contribution is 2.30. The maximum absolute atomic E-state index is 13.3. The number of hydrogen-bond donors (Lipinski definition) is 2. The molecule has 18 heavy (non-hydrogen) atoms. The summed E-state index contributed by atoms with van der Waals surface area (Å²) in [5.41, 5.74) is 0.0589. The van der Waals surface area contributed by atoms with E-state index in [-0.39, 0.29) is 10.2 Å². The third-order valence-corrected chi connectivity index (χ3v) is 3.04. The Morgan fingerprint density at radius 2 is 2.17 bits per heavy atom. The molecule has 7 heteroatoms. The molecule has 0 bridgehead atoms. The maximum Gasteiger partial charge on any atom is 0.295 e. The maximum atomic E-state index is 13.3. The molecule has 1 unspecified atom stereocenters. The summed E-state index contributed by atoms with van der Waals surface area (Å²) in [5, 5.41) is 16.8. The van der Waals surface area contributed by atoms with Crippen LogP contribution in [-0.4, -0.2) is 25.1 Å². The SMILES string of the molecule is CNCC(C)CNc1cc(Br)c(F)cc1[N+](=O)[O-]. The fourth-order valence-electron chi connectivity index (χ4n) is 1.53. The van der Waals surface area contributed by atoms with E-state index in [4.69, 9.17) is 0 Å². The third kappa shape index (κ3) is 3.92. The zero-order chi connectivity index (χ0) is 13.7. The number of halogens is 2. The first-order valence-electron chi connectivity index (χ1n) is 5.47. The Labute approximate surface area is 113 Å². The lowest BCUT2D eigenvalue weighted by Gasteiger charge is -2.13. The third-order valence-electron chi connectivity index (χ3n) is 2.43. The molecule has 0 heterocycles. The van der Waals surface area contributed by atoms with Crippen molar-refractivity contribution < 1.29 is 9.31 Å². The summed E-state index contributed by atoms with van der Waals surface area (Å²) >= 11 is 3.02. The molecule has 1 aromatic carbocycles. The van der Waals surface area contributed by atoms with E-state index in [1.807, 2.05) is 14.0 Å². The van der Waals surface area contributed by atoms with Crippen LogP contribution in [0.2, 0.25) is 0 Å². The van der Waals surface area contributed by atoms with Crippen LogP contribution in [0.15, 0.2) is 16.6 Å². The first-order chi connectivity index (χ1) is 8.45. The fraction of sp³-hybridized carbons (Fsp3) is 0.455. The zero-order valence-corrected chi connectivity index (χ0v) is 11.8. The van der Waals surface area contributed by atoms with E-state index < -0.39 is 10.7 Å². The Bertz CT molecular complexity index is 443. The molecule has 1 atom stereocenters. The predicted octanol–water partition coefficient (Wildman–Crippen LogP) is 2.76. The molecule has 5 nitrogen and oxygen atoms in total. The number of rotatable bonds is 6. The van der Waals surface area contributed by atoms with Gasteiger partial charge in [-0.15, -0.1) is 0 Å². The van der Waals surface area contributed by atoms with E-state index in [1.165, 1.54) is 6.07 Å². The largest absolute Gasteiger partial charge is 0.379 e. The fourth-order valence-corrected chi connectivity index (χ4v) is 1.88. The number of nitro benzene ring substituents is 1. The van der Waals surface area contributed by atoms with Crippen LogP contribution in [0.1, 0.15) is 6.92 Å². The molecule has 2 N–H and O–H groups in total. The Kier molecular flexibility index (Phi) is 5.49. The van der Waals surface area contributed by atoms with E-state index in [0.29, 0.717) is 18.2 Å². The molecule has 0 aliphatic rings. The van der Waals surface area contributed by atoms with Gasteiger partial charge in [-0.25, -0.2) is 4.39 Å².